The predicted octanol–water partition coefficient (Wildman–Crippen LogP) is 4.98. The zero-order valence-electron chi connectivity index (χ0n) is 10.1. The first-order valence-electron chi connectivity index (χ1n) is 5.56. The lowest BCUT2D eigenvalue weighted by atomic mass is 10.0. The van der Waals surface area contributed by atoms with Crippen molar-refractivity contribution in [2.24, 2.45) is 0 Å². The minimum atomic E-state index is -4.52. The number of halogens is 6. The third-order valence-corrected chi connectivity index (χ3v) is 3.34. The van der Waals surface area contributed by atoms with Crippen molar-refractivity contribution in [2.75, 3.05) is 0 Å². The first-order chi connectivity index (χ1) is 9.70. The maximum absolute atomic E-state index is 13.6. The van der Waals surface area contributed by atoms with E-state index >= 15 is 0 Å². The molecule has 0 bridgehead atoms. The van der Waals surface area contributed by atoms with Crippen LogP contribution in [0.4, 0.5) is 22.0 Å². The Morgan fingerprint density at radius 1 is 0.952 bits per heavy atom. The highest BCUT2D eigenvalue weighted by Crippen LogP contribution is 2.29. The summed E-state index contributed by atoms with van der Waals surface area (Å²) in [4.78, 5) is 12.0. The van der Waals surface area contributed by atoms with Crippen LogP contribution in [0.3, 0.4) is 0 Å². The number of ketones is 1. The second-order valence-corrected chi connectivity index (χ2v) is 5.00. The Morgan fingerprint density at radius 2 is 1.52 bits per heavy atom. The van der Waals surface area contributed by atoms with Crippen molar-refractivity contribution < 1.29 is 26.7 Å². The van der Waals surface area contributed by atoms with E-state index in [9.17, 15) is 26.7 Å². The van der Waals surface area contributed by atoms with Gasteiger partial charge in [-0.05, 0) is 34.1 Å². The van der Waals surface area contributed by atoms with E-state index in [1.807, 2.05) is 0 Å². The topological polar surface area (TPSA) is 17.1 Å². The maximum Gasteiger partial charge on any atom is 0.416 e. The quantitative estimate of drug-likeness (QED) is 0.417. The van der Waals surface area contributed by atoms with E-state index in [1.165, 1.54) is 0 Å². The van der Waals surface area contributed by atoms with Gasteiger partial charge < -0.3 is 0 Å². The Balaban J connectivity index is 2.39. The van der Waals surface area contributed by atoms with E-state index in [-0.39, 0.29) is 10.0 Å². The summed E-state index contributed by atoms with van der Waals surface area (Å²) < 4.78 is 63.8. The highest BCUT2D eigenvalue weighted by Gasteiger charge is 2.30. The van der Waals surface area contributed by atoms with E-state index in [4.69, 9.17) is 0 Å². The number of hydrogen-bond donors (Lipinski definition) is 0. The minimum absolute atomic E-state index is 0.112. The molecule has 0 spiro atoms. The van der Waals surface area contributed by atoms with Gasteiger partial charge in [0.1, 0.15) is 11.6 Å². The Kier molecular flexibility index (Phi) is 4.13. The summed E-state index contributed by atoms with van der Waals surface area (Å²) in [6, 6.07) is 4.82. The van der Waals surface area contributed by atoms with Crippen LogP contribution in [0.1, 0.15) is 21.5 Å². The van der Waals surface area contributed by atoms with Crippen LogP contribution in [0.5, 0.6) is 0 Å². The molecule has 0 saturated carbocycles. The number of benzene rings is 2. The molecular formula is C14H6BrF5O. The summed E-state index contributed by atoms with van der Waals surface area (Å²) in [5, 5.41) is 0. The molecule has 2 aromatic rings. The fourth-order valence-corrected chi connectivity index (χ4v) is 2.01. The average molecular weight is 365 g/mol. The van der Waals surface area contributed by atoms with Gasteiger partial charge in [-0.1, -0.05) is 12.1 Å². The zero-order valence-corrected chi connectivity index (χ0v) is 11.7. The van der Waals surface area contributed by atoms with Crippen LogP contribution in [0.25, 0.3) is 0 Å². The predicted molar refractivity (Wildman–Crippen MR) is 68.9 cm³/mol. The molecule has 0 amide bonds. The molecule has 21 heavy (non-hydrogen) atoms. The molecule has 0 atom stereocenters. The van der Waals surface area contributed by atoms with E-state index in [0.717, 1.165) is 30.3 Å². The largest absolute Gasteiger partial charge is 0.416 e. The summed E-state index contributed by atoms with van der Waals surface area (Å²) >= 11 is 2.82. The lowest BCUT2D eigenvalue weighted by Gasteiger charge is -2.08. The van der Waals surface area contributed by atoms with Crippen molar-refractivity contribution in [2.45, 2.75) is 6.18 Å². The highest BCUT2D eigenvalue weighted by atomic mass is 79.9. The zero-order chi connectivity index (χ0) is 15.8. The molecule has 0 N–H and O–H groups in total. The molecule has 7 heteroatoms. The number of rotatable bonds is 2. The summed E-state index contributed by atoms with van der Waals surface area (Å²) in [5.41, 5.74) is -1.47. The van der Waals surface area contributed by atoms with Gasteiger partial charge in [-0.2, -0.15) is 13.2 Å². The van der Waals surface area contributed by atoms with Gasteiger partial charge in [-0.3, -0.25) is 4.79 Å². The smallest absolute Gasteiger partial charge is 0.288 e. The Morgan fingerprint density at radius 3 is 2.05 bits per heavy atom. The third-order valence-electron chi connectivity index (χ3n) is 2.73. The molecule has 0 aliphatic carbocycles. The third kappa shape index (κ3) is 3.29. The van der Waals surface area contributed by atoms with Gasteiger partial charge in [-0.15, -0.1) is 0 Å². The van der Waals surface area contributed by atoms with Crippen LogP contribution in [0.2, 0.25) is 0 Å². The SMILES string of the molecule is O=C(c1ccc(C(F)(F)F)cc1)c1cc(Br)c(F)cc1F. The second-order valence-electron chi connectivity index (χ2n) is 4.15. The fraction of sp³-hybridized carbons (Fsp3) is 0.0714. The number of carbonyl (C=O) groups excluding carboxylic acids is 1. The molecular weight excluding hydrogens is 359 g/mol. The van der Waals surface area contributed by atoms with Crippen molar-refractivity contribution in [3.63, 3.8) is 0 Å². The van der Waals surface area contributed by atoms with Gasteiger partial charge in [0.15, 0.2) is 5.78 Å². The molecule has 2 rings (SSSR count). The molecule has 0 aliphatic rings. The Labute approximate surface area is 124 Å². The molecule has 0 fully saturated rings. The molecule has 2 aromatic carbocycles. The van der Waals surface area contributed by atoms with E-state index in [1.54, 1.807) is 0 Å². The van der Waals surface area contributed by atoms with Crippen molar-refractivity contribution in [3.8, 4) is 0 Å². The molecule has 0 aliphatic heterocycles. The number of alkyl halides is 3. The lowest BCUT2D eigenvalue weighted by molar-refractivity contribution is -0.137. The van der Waals surface area contributed by atoms with Gasteiger partial charge >= 0.3 is 6.18 Å². The highest BCUT2D eigenvalue weighted by molar-refractivity contribution is 9.10. The number of carbonyl (C=O) groups is 1. The van der Waals surface area contributed by atoms with E-state index in [0.29, 0.717) is 6.07 Å². The maximum atomic E-state index is 13.6. The summed E-state index contributed by atoms with van der Waals surface area (Å²) in [6.07, 6.45) is -4.52. The van der Waals surface area contributed by atoms with Crippen molar-refractivity contribution in [1.82, 2.24) is 0 Å². The fourth-order valence-electron chi connectivity index (χ4n) is 1.66. The van der Waals surface area contributed by atoms with Crippen LogP contribution in [0, 0.1) is 11.6 Å². The Hall–Kier alpha value is -1.76. The van der Waals surface area contributed by atoms with Crippen LogP contribution in [0.15, 0.2) is 40.9 Å². The van der Waals surface area contributed by atoms with Gasteiger partial charge in [0, 0.05) is 11.6 Å². The first-order valence-corrected chi connectivity index (χ1v) is 6.36. The molecule has 0 aromatic heterocycles. The Bertz CT molecular complexity index is 692. The van der Waals surface area contributed by atoms with Gasteiger partial charge in [0.2, 0.25) is 0 Å². The van der Waals surface area contributed by atoms with Crippen LogP contribution >= 0.6 is 15.9 Å². The standard InChI is InChI=1S/C14H6BrF5O/c15-10-5-9(11(16)6-12(10)17)13(21)7-1-3-8(4-2-7)14(18,19)20/h1-6H. The second kappa shape index (κ2) is 5.55. The number of hydrogen-bond acceptors (Lipinski definition) is 1. The summed E-state index contributed by atoms with van der Waals surface area (Å²) in [6.45, 7) is 0. The first kappa shape index (κ1) is 15.6. The monoisotopic (exact) mass is 364 g/mol. The van der Waals surface area contributed by atoms with Crippen LogP contribution < -0.4 is 0 Å². The van der Waals surface area contributed by atoms with Gasteiger partial charge in [0.25, 0.3) is 0 Å². The molecule has 0 radical (unpaired) electrons. The molecule has 1 nitrogen and oxygen atoms in total. The van der Waals surface area contributed by atoms with Gasteiger partial charge in [0.05, 0.1) is 15.6 Å². The van der Waals surface area contributed by atoms with E-state index < -0.39 is 34.7 Å². The van der Waals surface area contributed by atoms with Crippen molar-refractivity contribution >= 4 is 21.7 Å². The normalized spacial score (nSPS) is 11.5. The molecule has 0 unspecified atom stereocenters. The van der Waals surface area contributed by atoms with Crippen molar-refractivity contribution in [1.29, 1.82) is 0 Å². The van der Waals surface area contributed by atoms with Crippen molar-refractivity contribution in [3.05, 3.63) is 69.2 Å². The minimum Gasteiger partial charge on any atom is -0.288 e. The molecule has 0 saturated heterocycles. The molecule has 0 heterocycles. The van der Waals surface area contributed by atoms with Gasteiger partial charge in [-0.25, -0.2) is 8.78 Å². The average Bonchev–Trinajstić information content (AvgIpc) is 2.41. The van der Waals surface area contributed by atoms with E-state index in [2.05, 4.69) is 15.9 Å². The van der Waals surface area contributed by atoms with Crippen LogP contribution in [-0.4, -0.2) is 5.78 Å². The summed E-state index contributed by atoms with van der Waals surface area (Å²) in [5.74, 6) is -2.79. The van der Waals surface area contributed by atoms with Crippen LogP contribution in [-0.2, 0) is 6.18 Å². The lowest BCUT2D eigenvalue weighted by Crippen LogP contribution is -2.08. The molecule has 110 valence electrons. The summed E-state index contributed by atoms with van der Waals surface area (Å²) in [7, 11) is 0.